The van der Waals surface area contributed by atoms with Crippen LogP contribution in [0.2, 0.25) is 0 Å². The zero-order valence-corrected chi connectivity index (χ0v) is 20.4. The SMILES string of the molecule is CC(C)(C)OC(=O)N[C@@H]1CCCN(C2CC(c3ccc(F)cc3)CC2Oc2ncc(C#N)cn2)C1. The molecule has 2 heterocycles. The third-order valence-electron chi connectivity index (χ3n) is 6.47. The number of likely N-dealkylation sites (tertiary alicyclic amines) is 1. The Labute approximate surface area is 205 Å². The first-order valence-corrected chi connectivity index (χ1v) is 12.1. The molecule has 1 aliphatic heterocycles. The minimum Gasteiger partial charge on any atom is -0.458 e. The number of nitriles is 1. The Kier molecular flexibility index (Phi) is 7.51. The van der Waals surface area contributed by atoms with Gasteiger partial charge in [0.2, 0.25) is 0 Å². The van der Waals surface area contributed by atoms with Gasteiger partial charge in [-0.2, -0.15) is 5.26 Å². The van der Waals surface area contributed by atoms with E-state index in [0.29, 0.717) is 12.1 Å². The fourth-order valence-corrected chi connectivity index (χ4v) is 4.96. The van der Waals surface area contributed by atoms with Crippen LogP contribution >= 0.6 is 0 Å². The van der Waals surface area contributed by atoms with E-state index in [0.717, 1.165) is 37.8 Å². The second-order valence-corrected chi connectivity index (χ2v) is 10.3. The molecule has 1 aromatic heterocycles. The van der Waals surface area contributed by atoms with Gasteiger partial charge in [0.05, 0.1) is 18.0 Å². The largest absolute Gasteiger partial charge is 0.458 e. The molecule has 3 unspecified atom stereocenters. The van der Waals surface area contributed by atoms with E-state index in [-0.39, 0.29) is 35.9 Å². The van der Waals surface area contributed by atoms with Gasteiger partial charge in [-0.1, -0.05) is 12.1 Å². The summed E-state index contributed by atoms with van der Waals surface area (Å²) in [6.07, 6.45) is 5.71. The second-order valence-electron chi connectivity index (χ2n) is 10.3. The lowest BCUT2D eigenvalue weighted by Crippen LogP contribution is -2.54. The van der Waals surface area contributed by atoms with E-state index in [4.69, 9.17) is 14.7 Å². The number of amides is 1. The van der Waals surface area contributed by atoms with Crippen molar-refractivity contribution in [3.8, 4) is 12.1 Å². The zero-order chi connectivity index (χ0) is 25.0. The smallest absolute Gasteiger partial charge is 0.407 e. The maximum Gasteiger partial charge on any atom is 0.407 e. The molecular weight excluding hydrogens is 449 g/mol. The molecule has 1 amide bonds. The van der Waals surface area contributed by atoms with E-state index in [1.807, 2.05) is 39.0 Å². The lowest BCUT2D eigenvalue weighted by Gasteiger charge is -2.39. The zero-order valence-electron chi connectivity index (χ0n) is 20.4. The Morgan fingerprint density at radius 2 is 1.91 bits per heavy atom. The molecule has 2 aliphatic rings. The van der Waals surface area contributed by atoms with Gasteiger partial charge < -0.3 is 14.8 Å². The summed E-state index contributed by atoms with van der Waals surface area (Å²) in [4.78, 5) is 23.1. The maximum atomic E-state index is 13.5. The summed E-state index contributed by atoms with van der Waals surface area (Å²) in [6, 6.07) is 8.95. The molecule has 1 N–H and O–H groups in total. The molecule has 35 heavy (non-hydrogen) atoms. The molecule has 1 aromatic carbocycles. The first-order chi connectivity index (χ1) is 16.7. The van der Waals surface area contributed by atoms with Gasteiger partial charge >= 0.3 is 12.1 Å². The van der Waals surface area contributed by atoms with Crippen LogP contribution in [0.5, 0.6) is 6.01 Å². The van der Waals surface area contributed by atoms with Crippen LogP contribution in [0.1, 0.15) is 63.5 Å². The first-order valence-electron chi connectivity index (χ1n) is 12.1. The quantitative estimate of drug-likeness (QED) is 0.684. The van der Waals surface area contributed by atoms with Gasteiger partial charge in [0.15, 0.2) is 0 Å². The Morgan fingerprint density at radius 1 is 1.20 bits per heavy atom. The monoisotopic (exact) mass is 481 g/mol. The van der Waals surface area contributed by atoms with Crippen LogP contribution in [-0.2, 0) is 4.74 Å². The summed E-state index contributed by atoms with van der Waals surface area (Å²) >= 11 is 0. The van der Waals surface area contributed by atoms with Crippen molar-refractivity contribution in [1.29, 1.82) is 5.26 Å². The third kappa shape index (κ3) is 6.67. The van der Waals surface area contributed by atoms with Gasteiger partial charge in [-0.15, -0.1) is 0 Å². The molecule has 4 rings (SSSR count). The highest BCUT2D eigenvalue weighted by Gasteiger charge is 2.42. The summed E-state index contributed by atoms with van der Waals surface area (Å²) in [7, 11) is 0. The second kappa shape index (κ2) is 10.6. The summed E-state index contributed by atoms with van der Waals surface area (Å²) in [6.45, 7) is 7.12. The third-order valence-corrected chi connectivity index (χ3v) is 6.47. The van der Waals surface area contributed by atoms with Crippen molar-refractivity contribution in [3.05, 3.63) is 53.6 Å². The van der Waals surface area contributed by atoms with Crippen LogP contribution < -0.4 is 10.1 Å². The predicted octanol–water partition coefficient (Wildman–Crippen LogP) is 4.17. The number of alkyl carbamates (subject to hydrolysis) is 1. The fraction of sp³-hybridized carbons (Fsp3) is 0.538. The van der Waals surface area contributed by atoms with Crippen LogP contribution in [0.15, 0.2) is 36.7 Å². The number of nitrogens with one attached hydrogen (secondary N) is 1. The molecule has 9 heteroatoms. The Hall–Kier alpha value is -3.25. The fourth-order valence-electron chi connectivity index (χ4n) is 4.96. The number of hydrogen-bond acceptors (Lipinski definition) is 7. The molecule has 0 radical (unpaired) electrons. The number of aromatic nitrogens is 2. The van der Waals surface area contributed by atoms with Crippen molar-refractivity contribution in [2.75, 3.05) is 13.1 Å². The molecule has 0 spiro atoms. The van der Waals surface area contributed by atoms with Crippen molar-refractivity contribution < 1.29 is 18.7 Å². The summed E-state index contributed by atoms with van der Waals surface area (Å²) in [5.41, 5.74) is 0.895. The summed E-state index contributed by atoms with van der Waals surface area (Å²) in [5, 5.41) is 12.0. The van der Waals surface area contributed by atoms with Gasteiger partial charge in [-0.3, -0.25) is 4.90 Å². The predicted molar refractivity (Wildman–Crippen MR) is 127 cm³/mol. The highest BCUT2D eigenvalue weighted by Crippen LogP contribution is 2.39. The van der Waals surface area contributed by atoms with E-state index in [1.54, 1.807) is 0 Å². The molecule has 0 bridgehead atoms. The molecule has 8 nitrogen and oxygen atoms in total. The number of halogens is 1. The van der Waals surface area contributed by atoms with E-state index in [1.165, 1.54) is 24.5 Å². The Morgan fingerprint density at radius 3 is 2.57 bits per heavy atom. The van der Waals surface area contributed by atoms with Gasteiger partial charge in [0, 0.05) is 18.6 Å². The molecule has 1 saturated carbocycles. The number of hydrogen-bond donors (Lipinski definition) is 1. The number of carbonyl (C=O) groups excluding carboxylic acids is 1. The van der Waals surface area contributed by atoms with Crippen LogP contribution in [0.3, 0.4) is 0 Å². The molecule has 2 aromatic rings. The molecule has 1 saturated heterocycles. The van der Waals surface area contributed by atoms with E-state index >= 15 is 0 Å². The average Bonchev–Trinajstić information content (AvgIpc) is 3.22. The average molecular weight is 482 g/mol. The highest BCUT2D eigenvalue weighted by molar-refractivity contribution is 5.68. The molecular formula is C26H32FN5O3. The van der Waals surface area contributed by atoms with Crippen molar-refractivity contribution in [2.45, 2.75) is 76.2 Å². The van der Waals surface area contributed by atoms with Crippen LogP contribution in [0, 0.1) is 17.1 Å². The normalized spacial score (nSPS) is 25.0. The van der Waals surface area contributed by atoms with Crippen LogP contribution in [-0.4, -0.2) is 57.8 Å². The minimum absolute atomic E-state index is 0.0183. The van der Waals surface area contributed by atoms with E-state index in [2.05, 4.69) is 20.2 Å². The van der Waals surface area contributed by atoms with Crippen molar-refractivity contribution in [1.82, 2.24) is 20.2 Å². The van der Waals surface area contributed by atoms with Gasteiger partial charge in [0.25, 0.3) is 0 Å². The van der Waals surface area contributed by atoms with Gasteiger partial charge in [-0.25, -0.2) is 19.2 Å². The Balaban J connectivity index is 1.48. The highest BCUT2D eigenvalue weighted by atomic mass is 19.1. The lowest BCUT2D eigenvalue weighted by molar-refractivity contribution is 0.0377. The first kappa shape index (κ1) is 24.9. The van der Waals surface area contributed by atoms with E-state index in [9.17, 15) is 9.18 Å². The molecule has 186 valence electrons. The molecule has 4 atom stereocenters. The maximum absolute atomic E-state index is 13.5. The number of nitrogens with zero attached hydrogens (tertiary/aromatic N) is 4. The van der Waals surface area contributed by atoms with Crippen molar-refractivity contribution in [2.24, 2.45) is 0 Å². The van der Waals surface area contributed by atoms with Crippen LogP contribution in [0.25, 0.3) is 0 Å². The number of benzene rings is 1. The number of rotatable bonds is 5. The topological polar surface area (TPSA) is 100 Å². The minimum atomic E-state index is -0.549. The van der Waals surface area contributed by atoms with Crippen molar-refractivity contribution >= 4 is 6.09 Å². The van der Waals surface area contributed by atoms with Crippen LogP contribution in [0.4, 0.5) is 9.18 Å². The van der Waals surface area contributed by atoms with Crippen molar-refractivity contribution in [3.63, 3.8) is 0 Å². The van der Waals surface area contributed by atoms with E-state index < -0.39 is 11.7 Å². The Bertz CT molecular complexity index is 1050. The molecule has 1 aliphatic carbocycles. The molecule has 2 fully saturated rings. The van der Waals surface area contributed by atoms with Gasteiger partial charge in [0.1, 0.15) is 23.6 Å². The van der Waals surface area contributed by atoms with Gasteiger partial charge in [-0.05, 0) is 76.6 Å². The summed E-state index contributed by atoms with van der Waals surface area (Å²) < 4.78 is 25.2. The number of ether oxygens (including phenoxy) is 2. The summed E-state index contributed by atoms with van der Waals surface area (Å²) in [5.74, 6) is -0.0580. The number of piperidine rings is 1. The standard InChI is InChI=1S/C26H32FN5O3/c1-26(2,3)35-25(33)31-21-5-4-10-32(16-21)22-11-19(18-6-8-20(27)9-7-18)12-23(22)34-24-29-14-17(13-28)15-30-24/h6-9,14-15,19,21-23H,4-5,10-12,16H2,1-3H3,(H,31,33)/t19?,21-,22?,23?/m1/s1. The lowest BCUT2D eigenvalue weighted by atomic mass is 9.97. The number of carbonyl (C=O) groups is 1.